The van der Waals surface area contributed by atoms with Crippen LogP contribution in [-0.2, 0) is 16.7 Å². The van der Waals surface area contributed by atoms with Crippen molar-refractivity contribution in [2.24, 2.45) is 5.92 Å². The van der Waals surface area contributed by atoms with E-state index in [1.165, 1.54) is 22.4 Å². The molecule has 1 saturated heterocycles. The number of nitrogens with zero attached hydrogens (tertiary/aromatic N) is 1. The lowest BCUT2D eigenvalue weighted by atomic mass is 9.68. The minimum atomic E-state index is 0.211. The molecule has 2 atom stereocenters. The van der Waals surface area contributed by atoms with Gasteiger partial charge in [0.15, 0.2) is 0 Å². The first-order valence-corrected chi connectivity index (χ1v) is 11.1. The van der Waals surface area contributed by atoms with E-state index < -0.39 is 0 Å². The predicted octanol–water partition coefficient (Wildman–Crippen LogP) is 5.31. The third kappa shape index (κ3) is 5.61. The minimum absolute atomic E-state index is 0.211. The van der Waals surface area contributed by atoms with E-state index in [4.69, 9.17) is 4.74 Å². The van der Waals surface area contributed by atoms with E-state index in [2.05, 4.69) is 93.6 Å². The van der Waals surface area contributed by atoms with Gasteiger partial charge in [-0.15, -0.1) is 0 Å². The van der Waals surface area contributed by atoms with Crippen LogP contribution in [0.2, 0.25) is 0 Å². The SMILES string of the molecule is Cc1ccc(C2(CCNCc3ccc(N(C)C)cc3)CCOC(C(C)C)C2)cc1. The number of aryl methyl sites for hydroxylation is 1. The average Bonchev–Trinajstić information content (AvgIpc) is 2.72. The number of benzene rings is 2. The van der Waals surface area contributed by atoms with Gasteiger partial charge in [-0.2, -0.15) is 0 Å². The standard InChI is InChI=1S/C26H38N2O/c1-20(2)25-18-26(15-17-29-25,23-10-6-21(3)7-11-23)14-16-27-19-22-8-12-24(13-9-22)28(4)5/h6-13,20,25,27H,14-19H2,1-5H3. The van der Waals surface area contributed by atoms with Crippen LogP contribution in [0.3, 0.4) is 0 Å². The van der Waals surface area contributed by atoms with Crippen LogP contribution in [-0.4, -0.2) is 33.4 Å². The van der Waals surface area contributed by atoms with Crippen molar-refractivity contribution in [2.75, 3.05) is 32.1 Å². The summed E-state index contributed by atoms with van der Waals surface area (Å²) in [5, 5.41) is 3.69. The molecule has 1 aliphatic rings. The fourth-order valence-electron chi connectivity index (χ4n) is 4.39. The van der Waals surface area contributed by atoms with Crippen molar-refractivity contribution < 1.29 is 4.74 Å². The molecule has 0 bridgehead atoms. The van der Waals surface area contributed by atoms with Crippen molar-refractivity contribution in [3.63, 3.8) is 0 Å². The van der Waals surface area contributed by atoms with Crippen LogP contribution in [0.1, 0.15) is 49.8 Å². The number of anilines is 1. The van der Waals surface area contributed by atoms with Gasteiger partial charge < -0.3 is 15.0 Å². The molecule has 0 radical (unpaired) electrons. The van der Waals surface area contributed by atoms with Crippen molar-refractivity contribution >= 4 is 5.69 Å². The van der Waals surface area contributed by atoms with Gasteiger partial charge >= 0.3 is 0 Å². The Morgan fingerprint density at radius 3 is 2.38 bits per heavy atom. The third-order valence-electron chi connectivity index (χ3n) is 6.47. The normalized spacial score (nSPS) is 22.1. The molecule has 1 N–H and O–H groups in total. The van der Waals surface area contributed by atoms with E-state index in [0.717, 1.165) is 39.0 Å². The Morgan fingerprint density at radius 1 is 1.07 bits per heavy atom. The molecule has 3 rings (SSSR count). The summed E-state index contributed by atoms with van der Waals surface area (Å²) in [7, 11) is 4.16. The molecule has 1 fully saturated rings. The minimum Gasteiger partial charge on any atom is -0.378 e. The van der Waals surface area contributed by atoms with Gasteiger partial charge in [0, 0.05) is 38.3 Å². The van der Waals surface area contributed by atoms with Gasteiger partial charge in [-0.25, -0.2) is 0 Å². The maximum Gasteiger partial charge on any atom is 0.0606 e. The molecule has 0 aliphatic carbocycles. The molecule has 0 saturated carbocycles. The maximum absolute atomic E-state index is 6.12. The van der Waals surface area contributed by atoms with Crippen LogP contribution in [0.25, 0.3) is 0 Å². The highest BCUT2D eigenvalue weighted by Gasteiger charge is 2.39. The van der Waals surface area contributed by atoms with Crippen molar-refractivity contribution in [1.29, 1.82) is 0 Å². The summed E-state index contributed by atoms with van der Waals surface area (Å²) >= 11 is 0. The molecule has 2 aromatic rings. The van der Waals surface area contributed by atoms with Crippen LogP contribution >= 0.6 is 0 Å². The first-order chi connectivity index (χ1) is 13.9. The molecule has 3 heteroatoms. The maximum atomic E-state index is 6.12. The van der Waals surface area contributed by atoms with Crippen molar-refractivity contribution in [3.05, 3.63) is 65.2 Å². The Hall–Kier alpha value is -1.84. The van der Waals surface area contributed by atoms with Gasteiger partial charge in [0.2, 0.25) is 0 Å². The average molecular weight is 395 g/mol. The molecule has 0 amide bonds. The largest absolute Gasteiger partial charge is 0.378 e. The summed E-state index contributed by atoms with van der Waals surface area (Å²) in [6.07, 6.45) is 3.73. The van der Waals surface area contributed by atoms with E-state index >= 15 is 0 Å². The molecule has 1 aliphatic heterocycles. The van der Waals surface area contributed by atoms with Gasteiger partial charge in [0.1, 0.15) is 0 Å². The summed E-state index contributed by atoms with van der Waals surface area (Å²) in [5.41, 5.74) is 5.61. The number of hydrogen-bond acceptors (Lipinski definition) is 3. The Balaban J connectivity index is 1.65. The second-order valence-corrected chi connectivity index (χ2v) is 9.24. The fraction of sp³-hybridized carbons (Fsp3) is 0.538. The van der Waals surface area contributed by atoms with Crippen LogP contribution in [0.5, 0.6) is 0 Å². The highest BCUT2D eigenvalue weighted by molar-refractivity contribution is 5.45. The van der Waals surface area contributed by atoms with E-state index in [1.54, 1.807) is 0 Å². The second-order valence-electron chi connectivity index (χ2n) is 9.24. The lowest BCUT2D eigenvalue weighted by Crippen LogP contribution is -2.42. The van der Waals surface area contributed by atoms with Crippen LogP contribution in [0.4, 0.5) is 5.69 Å². The smallest absolute Gasteiger partial charge is 0.0606 e. The molecule has 158 valence electrons. The van der Waals surface area contributed by atoms with E-state index in [-0.39, 0.29) is 5.41 Å². The third-order valence-corrected chi connectivity index (χ3v) is 6.47. The first kappa shape index (κ1) is 21.9. The Bertz CT molecular complexity index is 751. The fourth-order valence-corrected chi connectivity index (χ4v) is 4.39. The highest BCUT2D eigenvalue weighted by atomic mass is 16.5. The Labute approximate surface area is 177 Å². The predicted molar refractivity (Wildman–Crippen MR) is 124 cm³/mol. The zero-order valence-electron chi connectivity index (χ0n) is 18.9. The van der Waals surface area contributed by atoms with Crippen molar-refractivity contribution in [3.8, 4) is 0 Å². The zero-order valence-corrected chi connectivity index (χ0v) is 18.9. The summed E-state index contributed by atoms with van der Waals surface area (Å²) < 4.78 is 6.12. The molecule has 29 heavy (non-hydrogen) atoms. The molecule has 0 spiro atoms. The van der Waals surface area contributed by atoms with Crippen LogP contribution < -0.4 is 10.2 Å². The van der Waals surface area contributed by atoms with Gasteiger partial charge in [0.25, 0.3) is 0 Å². The van der Waals surface area contributed by atoms with Gasteiger partial charge in [0.05, 0.1) is 6.10 Å². The van der Waals surface area contributed by atoms with E-state index in [1.807, 2.05) is 0 Å². The second kappa shape index (κ2) is 9.77. The molecular weight excluding hydrogens is 356 g/mol. The first-order valence-electron chi connectivity index (χ1n) is 11.1. The number of nitrogens with one attached hydrogen (secondary N) is 1. The lowest BCUT2D eigenvalue weighted by Gasteiger charge is -2.43. The van der Waals surface area contributed by atoms with E-state index in [9.17, 15) is 0 Å². The zero-order chi connectivity index (χ0) is 20.9. The number of ether oxygens (including phenoxy) is 1. The van der Waals surface area contributed by atoms with Gasteiger partial charge in [-0.1, -0.05) is 55.8 Å². The number of hydrogen-bond donors (Lipinski definition) is 1. The van der Waals surface area contributed by atoms with Crippen molar-refractivity contribution in [2.45, 2.75) is 58.1 Å². The van der Waals surface area contributed by atoms with Gasteiger partial charge in [-0.05, 0) is 61.9 Å². The monoisotopic (exact) mass is 394 g/mol. The molecular formula is C26H38N2O. The van der Waals surface area contributed by atoms with Crippen LogP contribution in [0.15, 0.2) is 48.5 Å². The topological polar surface area (TPSA) is 24.5 Å². The van der Waals surface area contributed by atoms with Gasteiger partial charge in [-0.3, -0.25) is 0 Å². The lowest BCUT2D eigenvalue weighted by molar-refractivity contribution is -0.0469. The summed E-state index contributed by atoms with van der Waals surface area (Å²) in [5.74, 6) is 0.559. The Morgan fingerprint density at radius 2 is 1.76 bits per heavy atom. The summed E-state index contributed by atoms with van der Waals surface area (Å²) in [4.78, 5) is 2.14. The molecule has 2 unspecified atom stereocenters. The molecule has 1 heterocycles. The molecule has 3 nitrogen and oxygen atoms in total. The summed E-state index contributed by atoms with van der Waals surface area (Å²) in [6, 6.07) is 18.0. The molecule has 2 aromatic carbocycles. The quantitative estimate of drug-likeness (QED) is 0.614. The highest BCUT2D eigenvalue weighted by Crippen LogP contribution is 2.41. The Kier molecular flexibility index (Phi) is 7.37. The van der Waals surface area contributed by atoms with E-state index in [0.29, 0.717) is 12.0 Å². The van der Waals surface area contributed by atoms with Crippen LogP contribution in [0, 0.1) is 12.8 Å². The van der Waals surface area contributed by atoms with Crippen molar-refractivity contribution in [1.82, 2.24) is 5.32 Å². The summed E-state index contributed by atoms with van der Waals surface area (Å²) in [6.45, 7) is 9.54. The molecule has 0 aromatic heterocycles. The number of rotatable bonds is 8.